The van der Waals surface area contributed by atoms with E-state index in [0.29, 0.717) is 35.5 Å². The van der Waals surface area contributed by atoms with Crippen molar-refractivity contribution in [1.82, 2.24) is 0 Å². The van der Waals surface area contributed by atoms with E-state index in [1.54, 1.807) is 0 Å². The van der Waals surface area contributed by atoms with Gasteiger partial charge in [-0.25, -0.2) is 0 Å². The van der Waals surface area contributed by atoms with Crippen molar-refractivity contribution in [2.75, 3.05) is 6.61 Å². The second kappa shape index (κ2) is 24.9. The topological polar surface area (TPSA) is 105 Å². The summed E-state index contributed by atoms with van der Waals surface area (Å²) >= 11 is 0. The third-order valence-electron chi connectivity index (χ3n) is 17.4. The summed E-state index contributed by atoms with van der Waals surface area (Å²) < 4.78 is 18.1. The van der Waals surface area contributed by atoms with E-state index in [-0.39, 0.29) is 24.1 Å². The number of carbonyl (C=O) groups is 1. The normalized spacial score (nSPS) is 36.0. The van der Waals surface area contributed by atoms with Crippen LogP contribution in [0.3, 0.4) is 0 Å². The fraction of sp³-hybridized carbons (Fsp3) is 0.907. The van der Waals surface area contributed by atoms with Gasteiger partial charge in [0.2, 0.25) is 0 Å². The van der Waals surface area contributed by atoms with Crippen LogP contribution in [0.1, 0.15) is 215 Å². The maximum Gasteiger partial charge on any atom is 0.305 e. The minimum absolute atomic E-state index is 0.147. The zero-order chi connectivity index (χ0) is 44.0. The Morgan fingerprint density at radius 3 is 2.00 bits per heavy atom. The number of ether oxygens (including phenoxy) is 3. The molecule has 352 valence electrons. The number of hydrogen-bond acceptors (Lipinski definition) is 7. The number of esters is 1. The second-order valence-corrected chi connectivity index (χ2v) is 21.8. The molecule has 5 rings (SSSR count). The van der Waals surface area contributed by atoms with Gasteiger partial charge in [-0.05, 0) is 116 Å². The summed E-state index contributed by atoms with van der Waals surface area (Å²) in [7, 11) is 0. The summed E-state index contributed by atoms with van der Waals surface area (Å²) in [5, 5.41) is 32.6. The fourth-order valence-corrected chi connectivity index (χ4v) is 13.4. The maximum atomic E-state index is 12.6. The number of hydrogen-bond donors (Lipinski definition) is 3. The third kappa shape index (κ3) is 13.4. The van der Waals surface area contributed by atoms with Crippen LogP contribution in [0.4, 0.5) is 0 Å². The van der Waals surface area contributed by atoms with Crippen LogP contribution >= 0.6 is 0 Å². The number of rotatable bonds is 26. The van der Waals surface area contributed by atoms with Crippen molar-refractivity contribution in [1.29, 1.82) is 0 Å². The van der Waals surface area contributed by atoms with E-state index < -0.39 is 30.7 Å². The molecule has 0 aromatic carbocycles. The van der Waals surface area contributed by atoms with Crippen LogP contribution in [0.25, 0.3) is 0 Å². The summed E-state index contributed by atoms with van der Waals surface area (Å²) in [6.07, 6.45) is 32.5. The predicted octanol–water partition coefficient (Wildman–Crippen LogP) is 12.8. The Morgan fingerprint density at radius 2 is 1.39 bits per heavy atom. The quantitative estimate of drug-likeness (QED) is 0.0452. The van der Waals surface area contributed by atoms with Crippen LogP contribution in [0.2, 0.25) is 0 Å². The van der Waals surface area contributed by atoms with Crippen molar-refractivity contribution in [2.24, 2.45) is 52.3 Å². The Bertz CT molecular complexity index is 1340. The first-order valence-corrected chi connectivity index (χ1v) is 26.2. The molecule has 3 saturated carbocycles. The number of aliphatic hydroxyl groups excluding tert-OH is 3. The molecule has 4 aliphatic carbocycles. The van der Waals surface area contributed by atoms with E-state index >= 15 is 0 Å². The summed E-state index contributed by atoms with van der Waals surface area (Å²) in [5.74, 6) is 4.62. The van der Waals surface area contributed by atoms with Crippen LogP contribution in [-0.2, 0) is 19.0 Å². The van der Waals surface area contributed by atoms with E-state index in [4.69, 9.17) is 14.2 Å². The lowest BCUT2D eigenvalue weighted by Gasteiger charge is -2.58. The lowest BCUT2D eigenvalue weighted by molar-refractivity contribution is -0.313. The lowest BCUT2D eigenvalue weighted by atomic mass is 9.47. The zero-order valence-corrected chi connectivity index (χ0v) is 40.3. The van der Waals surface area contributed by atoms with Crippen molar-refractivity contribution in [3.05, 3.63) is 23.8 Å². The zero-order valence-electron chi connectivity index (χ0n) is 40.3. The third-order valence-corrected chi connectivity index (χ3v) is 17.4. The Balaban J connectivity index is 1.01. The van der Waals surface area contributed by atoms with Gasteiger partial charge >= 0.3 is 5.97 Å². The van der Waals surface area contributed by atoms with Crippen molar-refractivity contribution >= 4 is 5.97 Å². The SMILES string of the molecule is CCCCCCCCCCCCCCCCCCC(=O)OC[C@H]1O[C@@H](O[C@H]2CC[C@@]3(C)C(=CC[C@H]4[C@@H]5CC[C@H]([C@H](C)/C=C/[C@@H](CC)C(C)C)[C@@]5(C)CC[C@@H]43)C2)[C@H](O)[C@@H](O)[C@@H]1O. The van der Waals surface area contributed by atoms with Crippen molar-refractivity contribution in [3.8, 4) is 0 Å². The van der Waals surface area contributed by atoms with Crippen LogP contribution in [0, 0.1) is 52.3 Å². The highest BCUT2D eigenvalue weighted by Crippen LogP contribution is 2.67. The highest BCUT2D eigenvalue weighted by Gasteiger charge is 2.59. The van der Waals surface area contributed by atoms with Crippen molar-refractivity contribution in [2.45, 2.75) is 252 Å². The van der Waals surface area contributed by atoms with Gasteiger partial charge in [0.05, 0.1) is 6.10 Å². The average Bonchev–Trinajstić information content (AvgIpc) is 3.60. The Labute approximate surface area is 374 Å². The van der Waals surface area contributed by atoms with Gasteiger partial charge in [0.1, 0.15) is 31.0 Å². The van der Waals surface area contributed by atoms with E-state index in [1.165, 1.54) is 121 Å². The molecule has 5 aliphatic rings. The summed E-state index contributed by atoms with van der Waals surface area (Å²) in [6.45, 7) is 16.8. The number of carbonyl (C=O) groups excluding carboxylic acids is 1. The largest absolute Gasteiger partial charge is 0.463 e. The molecule has 0 aromatic rings. The van der Waals surface area contributed by atoms with Gasteiger partial charge in [-0.2, -0.15) is 0 Å². The summed E-state index contributed by atoms with van der Waals surface area (Å²) in [4.78, 5) is 12.6. The predicted molar refractivity (Wildman–Crippen MR) is 249 cm³/mol. The maximum absolute atomic E-state index is 12.6. The highest BCUT2D eigenvalue weighted by molar-refractivity contribution is 5.69. The van der Waals surface area contributed by atoms with Crippen molar-refractivity contribution < 1.29 is 34.3 Å². The van der Waals surface area contributed by atoms with Gasteiger partial charge in [0.15, 0.2) is 6.29 Å². The number of unbranched alkanes of at least 4 members (excludes halogenated alkanes) is 15. The molecule has 0 unspecified atom stereocenters. The molecule has 1 heterocycles. The molecule has 4 fully saturated rings. The second-order valence-electron chi connectivity index (χ2n) is 21.8. The van der Waals surface area contributed by atoms with E-state index in [9.17, 15) is 20.1 Å². The fourth-order valence-electron chi connectivity index (χ4n) is 13.4. The molecule has 7 heteroatoms. The van der Waals surface area contributed by atoms with Gasteiger partial charge in [0.25, 0.3) is 0 Å². The summed E-state index contributed by atoms with van der Waals surface area (Å²) in [6, 6.07) is 0. The molecule has 0 amide bonds. The molecule has 1 aliphatic heterocycles. The van der Waals surface area contributed by atoms with Crippen LogP contribution in [-0.4, -0.2) is 64.7 Å². The van der Waals surface area contributed by atoms with Crippen LogP contribution in [0.5, 0.6) is 0 Å². The molecule has 0 spiro atoms. The minimum Gasteiger partial charge on any atom is -0.463 e. The first-order valence-electron chi connectivity index (χ1n) is 26.2. The molecule has 0 radical (unpaired) electrons. The average molecular weight is 855 g/mol. The molecule has 14 atom stereocenters. The van der Waals surface area contributed by atoms with Gasteiger partial charge in [0, 0.05) is 6.42 Å². The Kier molecular flexibility index (Phi) is 20.7. The Morgan fingerprint density at radius 1 is 0.770 bits per heavy atom. The molecule has 0 aromatic heterocycles. The smallest absolute Gasteiger partial charge is 0.305 e. The molecule has 61 heavy (non-hydrogen) atoms. The highest BCUT2D eigenvalue weighted by atomic mass is 16.7. The molecule has 7 nitrogen and oxygen atoms in total. The van der Waals surface area contributed by atoms with Gasteiger partial charge in [-0.15, -0.1) is 0 Å². The molecular formula is C54H94O7. The standard InChI is InChI=1S/C54H94O7/c1-8-10-11-12-13-14-15-16-17-18-19-20-21-22-23-24-25-48(55)59-37-47-49(56)50(57)51(58)52(61-47)60-42-32-34-53(6)41(36-42)28-29-43-45-31-30-44(54(45,7)35-33-46(43)53)39(5)26-27-40(9-2)38(3)4/h26-28,38-40,42-47,49-52,56-58H,8-25,29-37H2,1-7H3/b27-26+/t39-,40-,42+,43+,44-,45+,46+,47-,49-,50+,51-,52-,53+,54-/m1/s1. The first-order chi connectivity index (χ1) is 29.3. The first kappa shape index (κ1) is 50.7. The van der Waals surface area contributed by atoms with Gasteiger partial charge in [-0.3, -0.25) is 4.79 Å². The van der Waals surface area contributed by atoms with E-state index in [0.717, 1.165) is 62.7 Å². The van der Waals surface area contributed by atoms with E-state index in [1.807, 2.05) is 0 Å². The van der Waals surface area contributed by atoms with Crippen LogP contribution in [0.15, 0.2) is 23.8 Å². The van der Waals surface area contributed by atoms with Crippen LogP contribution < -0.4 is 0 Å². The molecular weight excluding hydrogens is 761 g/mol. The Hall–Kier alpha value is -1.25. The minimum atomic E-state index is -1.44. The van der Waals surface area contributed by atoms with Gasteiger partial charge in [-0.1, -0.05) is 169 Å². The number of fused-ring (bicyclic) bond motifs is 5. The monoisotopic (exact) mass is 855 g/mol. The van der Waals surface area contributed by atoms with Gasteiger partial charge < -0.3 is 29.5 Å². The van der Waals surface area contributed by atoms with Crippen molar-refractivity contribution in [3.63, 3.8) is 0 Å². The number of allylic oxidation sites excluding steroid dienone is 3. The lowest BCUT2D eigenvalue weighted by Crippen LogP contribution is -2.60. The molecule has 3 N–H and O–H groups in total. The molecule has 1 saturated heterocycles. The summed E-state index contributed by atoms with van der Waals surface area (Å²) in [5.41, 5.74) is 2.05. The number of aliphatic hydroxyl groups is 3. The van der Waals surface area contributed by atoms with E-state index in [2.05, 4.69) is 66.7 Å². The molecule has 0 bridgehead atoms.